The Labute approximate surface area is 221 Å². The molecular weight excluding hydrogens is 493 g/mol. The first-order valence-electron chi connectivity index (χ1n) is 13.1. The predicted octanol–water partition coefficient (Wildman–Crippen LogP) is 3.43. The molecule has 1 saturated carbocycles. The van der Waals surface area contributed by atoms with Crippen molar-refractivity contribution in [2.24, 2.45) is 11.8 Å². The number of hydrogen-bond donors (Lipinski definition) is 3. The number of carbonyl (C=O) groups is 4. The van der Waals surface area contributed by atoms with Crippen LogP contribution in [0.5, 0.6) is 0 Å². The summed E-state index contributed by atoms with van der Waals surface area (Å²) >= 11 is 0. The molecule has 1 aliphatic carbocycles. The Kier molecular flexibility index (Phi) is 10.4. The molecule has 38 heavy (non-hydrogen) atoms. The monoisotopic (exact) mass is 529 g/mol. The van der Waals surface area contributed by atoms with E-state index in [2.05, 4.69) is 21.0 Å². The Hall–Kier alpha value is -3.76. The summed E-state index contributed by atoms with van der Waals surface area (Å²) in [6.45, 7) is 4.10. The van der Waals surface area contributed by atoms with Gasteiger partial charge in [-0.2, -0.15) is 5.10 Å². The maximum Gasteiger partial charge on any atom is 0.328 e. The molecule has 0 saturated heterocycles. The third-order valence-corrected chi connectivity index (χ3v) is 6.83. The van der Waals surface area contributed by atoms with Crippen LogP contribution >= 0.6 is 0 Å². The first kappa shape index (κ1) is 28.8. The van der Waals surface area contributed by atoms with Crippen molar-refractivity contribution in [3.05, 3.63) is 41.8 Å². The van der Waals surface area contributed by atoms with Gasteiger partial charge in [-0.1, -0.05) is 32.3 Å². The highest BCUT2D eigenvalue weighted by Gasteiger charge is 2.36. The van der Waals surface area contributed by atoms with E-state index in [1.807, 2.05) is 6.92 Å². The number of amides is 3. The van der Waals surface area contributed by atoms with E-state index in [0.717, 1.165) is 32.1 Å². The van der Waals surface area contributed by atoms with E-state index in [4.69, 9.17) is 4.74 Å². The largest absolute Gasteiger partial charge is 0.467 e. The van der Waals surface area contributed by atoms with Crippen molar-refractivity contribution in [1.82, 2.24) is 15.1 Å². The molecule has 1 heterocycles. The lowest BCUT2D eigenvalue weighted by Gasteiger charge is -2.28. The fourth-order valence-corrected chi connectivity index (χ4v) is 4.77. The zero-order valence-corrected chi connectivity index (χ0v) is 22.1. The molecule has 1 aromatic heterocycles. The maximum atomic E-state index is 15.1. The number of hydrogen-bond acceptors (Lipinski definition) is 6. The van der Waals surface area contributed by atoms with E-state index in [0.29, 0.717) is 17.9 Å². The van der Waals surface area contributed by atoms with E-state index in [9.17, 15) is 19.2 Å². The number of aryl methyl sites for hydroxylation is 1. The molecule has 1 aliphatic rings. The van der Waals surface area contributed by atoms with Gasteiger partial charge in [-0.25, -0.2) is 13.9 Å². The van der Waals surface area contributed by atoms with Crippen LogP contribution in [-0.4, -0.2) is 46.6 Å². The zero-order chi connectivity index (χ0) is 27.7. The van der Waals surface area contributed by atoms with Gasteiger partial charge in [0.05, 0.1) is 19.0 Å². The Morgan fingerprint density at radius 3 is 2.42 bits per heavy atom. The highest BCUT2D eigenvalue weighted by molar-refractivity contribution is 6.10. The number of ether oxygens (including phenoxy) is 1. The second-order valence-corrected chi connectivity index (χ2v) is 9.40. The smallest absolute Gasteiger partial charge is 0.328 e. The lowest BCUT2D eigenvalue weighted by Crippen LogP contribution is -2.42. The second-order valence-electron chi connectivity index (χ2n) is 9.40. The molecule has 10 nitrogen and oxygen atoms in total. The predicted molar refractivity (Wildman–Crippen MR) is 140 cm³/mol. The summed E-state index contributed by atoms with van der Waals surface area (Å²) in [6, 6.07) is 4.84. The van der Waals surface area contributed by atoms with E-state index in [1.165, 1.54) is 19.2 Å². The van der Waals surface area contributed by atoms with Crippen LogP contribution in [0.15, 0.2) is 30.5 Å². The van der Waals surface area contributed by atoms with Gasteiger partial charge >= 0.3 is 5.97 Å². The van der Waals surface area contributed by atoms with Crippen molar-refractivity contribution in [2.45, 2.75) is 71.4 Å². The Morgan fingerprint density at radius 1 is 1.08 bits per heavy atom. The maximum absolute atomic E-state index is 15.1. The molecule has 0 radical (unpaired) electrons. The highest BCUT2D eigenvalue weighted by Crippen LogP contribution is 2.32. The summed E-state index contributed by atoms with van der Waals surface area (Å²) in [7, 11) is 1.21. The number of carbonyl (C=O) groups excluding carboxylic acids is 4. The van der Waals surface area contributed by atoms with Crippen LogP contribution < -0.4 is 16.0 Å². The number of halogens is 1. The number of anilines is 2. The molecule has 11 heteroatoms. The van der Waals surface area contributed by atoms with Crippen molar-refractivity contribution in [3.63, 3.8) is 0 Å². The van der Waals surface area contributed by atoms with Crippen LogP contribution in [0.3, 0.4) is 0 Å². The number of nitrogens with one attached hydrogen (secondary N) is 3. The van der Waals surface area contributed by atoms with Gasteiger partial charge in [0.25, 0.3) is 0 Å². The zero-order valence-electron chi connectivity index (χ0n) is 22.1. The molecule has 0 spiro atoms. The molecule has 1 aromatic carbocycles. The minimum absolute atomic E-state index is 0.0157. The van der Waals surface area contributed by atoms with Gasteiger partial charge in [-0.05, 0) is 43.4 Å². The Morgan fingerprint density at radius 2 is 1.79 bits per heavy atom. The molecule has 3 rings (SSSR count). The molecule has 0 unspecified atom stereocenters. The van der Waals surface area contributed by atoms with Gasteiger partial charge in [0.2, 0.25) is 17.7 Å². The van der Waals surface area contributed by atoms with Crippen molar-refractivity contribution in [2.75, 3.05) is 17.7 Å². The molecular formula is C27H36FN5O5. The summed E-state index contributed by atoms with van der Waals surface area (Å²) < 4.78 is 21.4. The van der Waals surface area contributed by atoms with E-state index in [1.54, 1.807) is 29.9 Å². The number of esters is 1. The van der Waals surface area contributed by atoms with Gasteiger partial charge in [-0.15, -0.1) is 0 Å². The topological polar surface area (TPSA) is 131 Å². The van der Waals surface area contributed by atoms with Crippen LogP contribution in [0.4, 0.5) is 15.9 Å². The molecule has 3 amide bonds. The average molecular weight is 530 g/mol. The molecule has 0 aliphatic heterocycles. The number of methoxy groups -OCH3 is 1. The molecule has 1 fully saturated rings. The number of aromatic nitrogens is 2. The summed E-state index contributed by atoms with van der Waals surface area (Å²) in [4.78, 5) is 50.5. The first-order chi connectivity index (χ1) is 18.3. The lowest BCUT2D eigenvalue weighted by atomic mass is 9.79. The Bertz CT molecular complexity index is 1140. The van der Waals surface area contributed by atoms with Gasteiger partial charge in [-0.3, -0.25) is 14.4 Å². The molecule has 0 bridgehead atoms. The summed E-state index contributed by atoms with van der Waals surface area (Å²) in [5.74, 6) is -3.38. The van der Waals surface area contributed by atoms with Crippen LogP contribution in [0.1, 0.15) is 57.9 Å². The SMILES string of the molecule is CCC(=O)N[C@H](Cc1ccc(NC(=O)[C@@H](C(=O)Nc2ccnn2CC)C2CCCCC2)c(F)c1)C(=O)OC. The normalized spacial score (nSPS) is 15.3. The Balaban J connectivity index is 1.76. The van der Waals surface area contributed by atoms with Crippen LogP contribution in [-0.2, 0) is 36.9 Å². The minimum atomic E-state index is -0.998. The van der Waals surface area contributed by atoms with Crippen LogP contribution in [0.25, 0.3) is 0 Å². The molecule has 2 aromatic rings. The number of rotatable bonds is 11. The third kappa shape index (κ3) is 7.39. The fourth-order valence-electron chi connectivity index (χ4n) is 4.77. The van der Waals surface area contributed by atoms with Crippen molar-refractivity contribution in [1.29, 1.82) is 0 Å². The van der Waals surface area contributed by atoms with E-state index < -0.39 is 35.6 Å². The summed E-state index contributed by atoms with van der Waals surface area (Å²) in [5.41, 5.74) is 0.361. The van der Waals surface area contributed by atoms with Crippen molar-refractivity contribution >= 4 is 35.2 Å². The van der Waals surface area contributed by atoms with Crippen LogP contribution in [0, 0.1) is 17.7 Å². The lowest BCUT2D eigenvalue weighted by molar-refractivity contribution is -0.145. The quantitative estimate of drug-likeness (QED) is 0.302. The molecule has 3 N–H and O–H groups in total. The van der Waals surface area contributed by atoms with Crippen LogP contribution in [0.2, 0.25) is 0 Å². The number of nitrogens with zero attached hydrogens (tertiary/aromatic N) is 2. The summed E-state index contributed by atoms with van der Waals surface area (Å²) in [6.07, 6.45) is 6.14. The van der Waals surface area contributed by atoms with E-state index >= 15 is 4.39 Å². The fraction of sp³-hybridized carbons (Fsp3) is 0.519. The third-order valence-electron chi connectivity index (χ3n) is 6.83. The van der Waals surface area contributed by atoms with Crippen molar-refractivity contribution in [3.8, 4) is 0 Å². The van der Waals surface area contributed by atoms with Gasteiger partial charge in [0.1, 0.15) is 23.6 Å². The van der Waals surface area contributed by atoms with E-state index in [-0.39, 0.29) is 30.4 Å². The number of benzene rings is 1. The summed E-state index contributed by atoms with van der Waals surface area (Å²) in [5, 5.41) is 12.1. The second kappa shape index (κ2) is 13.7. The van der Waals surface area contributed by atoms with Gasteiger partial charge in [0.15, 0.2) is 0 Å². The molecule has 206 valence electrons. The molecule has 2 atom stereocenters. The standard InChI is InChI=1S/C27H36FN5O5/c1-4-23(34)30-21(27(37)38-3)16-17-11-12-20(19(28)15-17)31-25(35)24(18-9-7-6-8-10-18)26(36)32-22-13-14-29-33(22)5-2/h11-15,18,21,24H,4-10,16H2,1-3H3,(H,30,34)(H,31,35)(H,32,36)/t21-,24+/m1/s1. The van der Waals surface area contributed by atoms with Crippen molar-refractivity contribution < 1.29 is 28.3 Å². The minimum Gasteiger partial charge on any atom is -0.467 e. The average Bonchev–Trinajstić information content (AvgIpc) is 3.36. The first-order valence-corrected chi connectivity index (χ1v) is 13.1. The van der Waals surface area contributed by atoms with Gasteiger partial charge in [0, 0.05) is 25.5 Å². The van der Waals surface area contributed by atoms with Gasteiger partial charge < -0.3 is 20.7 Å². The highest BCUT2D eigenvalue weighted by atomic mass is 19.1.